The molecule has 0 heterocycles. The Bertz CT molecular complexity index is 551. The number of fused-ring (bicyclic) bond motifs is 1. The van der Waals surface area contributed by atoms with E-state index >= 15 is 0 Å². The maximum Gasteiger partial charge on any atom is 0.0716 e. The Hall–Kier alpha value is -2.12. The van der Waals surface area contributed by atoms with E-state index in [0.717, 1.165) is 13.2 Å². The average molecular weight is 264 g/mol. The van der Waals surface area contributed by atoms with Crippen molar-refractivity contribution < 1.29 is 4.74 Å². The first-order chi connectivity index (χ1) is 9.90. The molecular weight excluding hydrogens is 244 g/mol. The van der Waals surface area contributed by atoms with E-state index < -0.39 is 0 Å². The fourth-order valence-electron chi connectivity index (χ4n) is 1.93. The standard InChI is InChI=1S/C10H8.C9H12O/c1-2-6-10-8-4-3-7-9(10)5-1;1-2-10-8-9-6-4-3-5-7-9/h1-8H;3-7H,2,8H2,1H3. The van der Waals surface area contributed by atoms with Crippen LogP contribution in [0.4, 0.5) is 0 Å². The second-order valence-electron chi connectivity index (χ2n) is 4.47. The maximum atomic E-state index is 5.22. The molecular formula is C19H20O. The van der Waals surface area contributed by atoms with Crippen LogP contribution in [0.15, 0.2) is 78.9 Å². The van der Waals surface area contributed by atoms with Gasteiger partial charge < -0.3 is 4.74 Å². The molecule has 1 nitrogen and oxygen atoms in total. The Morgan fingerprint density at radius 3 is 1.55 bits per heavy atom. The summed E-state index contributed by atoms with van der Waals surface area (Å²) in [5, 5.41) is 2.62. The van der Waals surface area contributed by atoms with Crippen LogP contribution in [0.2, 0.25) is 0 Å². The van der Waals surface area contributed by atoms with E-state index in [2.05, 4.69) is 60.7 Å². The molecule has 0 bridgehead atoms. The Balaban J connectivity index is 0.000000147. The van der Waals surface area contributed by atoms with E-state index in [1.54, 1.807) is 0 Å². The highest BCUT2D eigenvalue weighted by Gasteiger charge is 1.87. The summed E-state index contributed by atoms with van der Waals surface area (Å²) in [6, 6.07) is 26.9. The molecule has 102 valence electrons. The number of benzene rings is 3. The lowest BCUT2D eigenvalue weighted by Gasteiger charge is -1.98. The van der Waals surface area contributed by atoms with E-state index in [-0.39, 0.29) is 0 Å². The normalized spacial score (nSPS) is 9.85. The predicted molar refractivity (Wildman–Crippen MR) is 85.7 cm³/mol. The van der Waals surface area contributed by atoms with Gasteiger partial charge in [-0.05, 0) is 23.3 Å². The summed E-state index contributed by atoms with van der Waals surface area (Å²) < 4.78 is 5.22. The van der Waals surface area contributed by atoms with Gasteiger partial charge >= 0.3 is 0 Å². The summed E-state index contributed by atoms with van der Waals surface area (Å²) in [6.07, 6.45) is 0. The second kappa shape index (κ2) is 8.13. The lowest BCUT2D eigenvalue weighted by molar-refractivity contribution is 0.134. The molecule has 3 rings (SSSR count). The van der Waals surface area contributed by atoms with Gasteiger partial charge in [0.15, 0.2) is 0 Å². The molecule has 20 heavy (non-hydrogen) atoms. The van der Waals surface area contributed by atoms with Crippen LogP contribution >= 0.6 is 0 Å². The number of ether oxygens (including phenoxy) is 1. The molecule has 0 unspecified atom stereocenters. The molecule has 0 amide bonds. The molecule has 0 N–H and O–H groups in total. The zero-order valence-electron chi connectivity index (χ0n) is 11.8. The molecule has 0 saturated carbocycles. The third-order valence-corrected chi connectivity index (χ3v) is 2.97. The summed E-state index contributed by atoms with van der Waals surface area (Å²) in [7, 11) is 0. The molecule has 0 spiro atoms. The van der Waals surface area contributed by atoms with Crippen molar-refractivity contribution in [2.75, 3.05) is 6.61 Å². The predicted octanol–water partition coefficient (Wildman–Crippen LogP) is 5.06. The number of hydrogen-bond acceptors (Lipinski definition) is 1. The third-order valence-electron chi connectivity index (χ3n) is 2.97. The number of hydrogen-bond donors (Lipinski definition) is 0. The van der Waals surface area contributed by atoms with Gasteiger partial charge in [0.25, 0.3) is 0 Å². The minimum absolute atomic E-state index is 0.733. The SMILES string of the molecule is CCOCc1ccccc1.c1ccc2ccccc2c1. The second-order valence-corrected chi connectivity index (χ2v) is 4.47. The molecule has 0 radical (unpaired) electrons. The molecule has 1 heteroatoms. The van der Waals surface area contributed by atoms with Gasteiger partial charge in [0.05, 0.1) is 6.61 Å². The van der Waals surface area contributed by atoms with E-state index in [4.69, 9.17) is 4.74 Å². The fourth-order valence-corrected chi connectivity index (χ4v) is 1.93. The molecule has 0 aliphatic carbocycles. The maximum absolute atomic E-state index is 5.22. The van der Waals surface area contributed by atoms with Gasteiger partial charge in [0, 0.05) is 6.61 Å². The minimum atomic E-state index is 0.733. The topological polar surface area (TPSA) is 9.23 Å². The molecule has 0 fully saturated rings. The molecule has 0 aliphatic rings. The molecule has 3 aromatic rings. The van der Waals surface area contributed by atoms with Crippen molar-refractivity contribution in [2.45, 2.75) is 13.5 Å². The Labute approximate surface area is 120 Å². The van der Waals surface area contributed by atoms with Crippen LogP contribution in [0.3, 0.4) is 0 Å². The summed E-state index contributed by atoms with van der Waals surface area (Å²) >= 11 is 0. The molecule has 3 aromatic carbocycles. The van der Waals surface area contributed by atoms with E-state index in [9.17, 15) is 0 Å². The van der Waals surface area contributed by atoms with Gasteiger partial charge in [0.2, 0.25) is 0 Å². The highest BCUT2D eigenvalue weighted by Crippen LogP contribution is 2.11. The highest BCUT2D eigenvalue weighted by atomic mass is 16.5. The smallest absolute Gasteiger partial charge is 0.0716 e. The van der Waals surface area contributed by atoms with Gasteiger partial charge in [-0.1, -0.05) is 78.9 Å². The van der Waals surface area contributed by atoms with Gasteiger partial charge in [-0.2, -0.15) is 0 Å². The van der Waals surface area contributed by atoms with Gasteiger partial charge in [-0.15, -0.1) is 0 Å². The quantitative estimate of drug-likeness (QED) is 0.642. The van der Waals surface area contributed by atoms with Crippen LogP contribution in [0, 0.1) is 0 Å². The third kappa shape index (κ3) is 4.52. The minimum Gasteiger partial charge on any atom is -0.377 e. The zero-order valence-corrected chi connectivity index (χ0v) is 11.8. The summed E-state index contributed by atoms with van der Waals surface area (Å²) in [5.74, 6) is 0. The summed E-state index contributed by atoms with van der Waals surface area (Å²) in [4.78, 5) is 0. The van der Waals surface area contributed by atoms with Gasteiger partial charge in [0.1, 0.15) is 0 Å². The largest absolute Gasteiger partial charge is 0.377 e. The van der Waals surface area contributed by atoms with E-state index in [1.165, 1.54) is 16.3 Å². The zero-order chi connectivity index (χ0) is 14.0. The highest BCUT2D eigenvalue weighted by molar-refractivity contribution is 5.81. The van der Waals surface area contributed by atoms with Crippen molar-refractivity contribution in [3.63, 3.8) is 0 Å². The molecule has 0 saturated heterocycles. The number of rotatable bonds is 3. The Kier molecular flexibility index (Phi) is 5.81. The van der Waals surface area contributed by atoms with E-state index in [1.807, 2.05) is 25.1 Å². The van der Waals surface area contributed by atoms with Crippen LogP contribution < -0.4 is 0 Å². The van der Waals surface area contributed by atoms with Crippen molar-refractivity contribution in [3.8, 4) is 0 Å². The van der Waals surface area contributed by atoms with Crippen molar-refractivity contribution in [3.05, 3.63) is 84.4 Å². The first-order valence-corrected chi connectivity index (χ1v) is 6.95. The summed E-state index contributed by atoms with van der Waals surface area (Å²) in [5.41, 5.74) is 1.24. The molecule has 0 aliphatic heterocycles. The van der Waals surface area contributed by atoms with Crippen molar-refractivity contribution in [2.24, 2.45) is 0 Å². The Morgan fingerprint density at radius 1 is 0.650 bits per heavy atom. The van der Waals surface area contributed by atoms with Crippen LogP contribution in [-0.2, 0) is 11.3 Å². The van der Waals surface area contributed by atoms with Crippen molar-refractivity contribution >= 4 is 10.8 Å². The van der Waals surface area contributed by atoms with Gasteiger partial charge in [-0.25, -0.2) is 0 Å². The lowest BCUT2D eigenvalue weighted by atomic mass is 10.1. The Morgan fingerprint density at radius 2 is 1.10 bits per heavy atom. The fraction of sp³-hybridized carbons (Fsp3) is 0.158. The molecule has 0 atom stereocenters. The van der Waals surface area contributed by atoms with Crippen molar-refractivity contribution in [1.82, 2.24) is 0 Å². The van der Waals surface area contributed by atoms with Crippen LogP contribution in [-0.4, -0.2) is 6.61 Å². The molecule has 0 aromatic heterocycles. The average Bonchev–Trinajstić information content (AvgIpc) is 2.55. The lowest BCUT2D eigenvalue weighted by Crippen LogP contribution is -1.90. The first kappa shape index (κ1) is 14.3. The van der Waals surface area contributed by atoms with Crippen LogP contribution in [0.1, 0.15) is 12.5 Å². The van der Waals surface area contributed by atoms with Crippen LogP contribution in [0.25, 0.3) is 10.8 Å². The monoisotopic (exact) mass is 264 g/mol. The first-order valence-electron chi connectivity index (χ1n) is 6.95. The summed E-state index contributed by atoms with van der Waals surface area (Å²) in [6.45, 7) is 3.52. The van der Waals surface area contributed by atoms with Crippen LogP contribution in [0.5, 0.6) is 0 Å². The van der Waals surface area contributed by atoms with Crippen molar-refractivity contribution in [1.29, 1.82) is 0 Å². The van der Waals surface area contributed by atoms with Gasteiger partial charge in [-0.3, -0.25) is 0 Å². The van der Waals surface area contributed by atoms with E-state index in [0.29, 0.717) is 0 Å².